The highest BCUT2D eigenvalue weighted by atomic mass is 32.2. The van der Waals surface area contributed by atoms with Crippen LogP contribution in [0.5, 0.6) is 5.88 Å². The third-order valence-electron chi connectivity index (χ3n) is 4.81. The predicted octanol–water partition coefficient (Wildman–Crippen LogP) is 3.10. The average Bonchev–Trinajstić information content (AvgIpc) is 3.17. The number of fused-ring (bicyclic) bond motifs is 1. The fourth-order valence-electron chi connectivity index (χ4n) is 3.38. The van der Waals surface area contributed by atoms with Gasteiger partial charge in [-0.15, -0.1) is 11.3 Å². The number of carbonyl (C=O) groups excluding carboxylic acids is 1. The van der Waals surface area contributed by atoms with Crippen LogP contribution in [0.2, 0.25) is 0 Å². The van der Waals surface area contributed by atoms with Crippen molar-refractivity contribution < 1.29 is 23.0 Å². The molecule has 2 aromatic heterocycles. The van der Waals surface area contributed by atoms with E-state index in [0.29, 0.717) is 22.6 Å². The van der Waals surface area contributed by atoms with Crippen LogP contribution in [0.1, 0.15) is 36.3 Å². The second kappa shape index (κ2) is 9.40. The van der Waals surface area contributed by atoms with Crippen LogP contribution in [0.3, 0.4) is 0 Å². The number of alkyl halides is 2. The van der Waals surface area contributed by atoms with Crippen LogP contribution in [0.25, 0.3) is 0 Å². The molecule has 1 fully saturated rings. The molecular formula is C18H22F2N6O3S2. The van der Waals surface area contributed by atoms with Crippen LogP contribution >= 0.6 is 23.1 Å². The van der Waals surface area contributed by atoms with Crippen LogP contribution in [-0.2, 0) is 10.3 Å². The molecule has 2 aliphatic rings. The van der Waals surface area contributed by atoms with E-state index in [0.717, 1.165) is 24.6 Å². The zero-order chi connectivity index (χ0) is 21.3. The van der Waals surface area contributed by atoms with E-state index in [1.807, 2.05) is 6.92 Å². The van der Waals surface area contributed by atoms with Crippen molar-refractivity contribution in [1.82, 2.24) is 15.0 Å². The van der Waals surface area contributed by atoms with E-state index in [1.165, 1.54) is 23.1 Å². The highest BCUT2D eigenvalue weighted by Crippen LogP contribution is 2.47. The van der Waals surface area contributed by atoms with E-state index in [2.05, 4.69) is 25.0 Å². The summed E-state index contributed by atoms with van der Waals surface area (Å²) in [6.45, 7) is -0.613. The number of amides is 1. The second-order valence-corrected chi connectivity index (χ2v) is 8.75. The minimum Gasteiger partial charge on any atom is -0.415 e. The highest BCUT2D eigenvalue weighted by Gasteiger charge is 2.49. The van der Waals surface area contributed by atoms with E-state index >= 15 is 0 Å². The summed E-state index contributed by atoms with van der Waals surface area (Å²) >= 11 is 2.89. The third-order valence-corrected chi connectivity index (χ3v) is 6.77. The number of thiazole rings is 1. The van der Waals surface area contributed by atoms with Crippen LogP contribution in [0.4, 0.5) is 14.6 Å². The monoisotopic (exact) mass is 472 g/mol. The van der Waals surface area contributed by atoms with Gasteiger partial charge in [-0.25, -0.2) is 19.9 Å². The van der Waals surface area contributed by atoms with Gasteiger partial charge >= 0.3 is 6.61 Å². The Bertz CT molecular complexity index is 958. The number of aliphatic imine (C=N–C) groups is 1. The molecule has 13 heteroatoms. The molecule has 1 amide bonds. The maximum atomic E-state index is 12.4. The van der Waals surface area contributed by atoms with Gasteiger partial charge in [-0.1, -0.05) is 19.2 Å². The van der Waals surface area contributed by atoms with Crippen molar-refractivity contribution in [2.75, 3.05) is 17.7 Å². The molecule has 0 radical (unpaired) electrons. The first-order valence-corrected chi connectivity index (χ1v) is 10.9. The molecule has 1 saturated heterocycles. The topological polar surface area (TPSA) is 125 Å². The van der Waals surface area contributed by atoms with Gasteiger partial charge in [-0.05, 0) is 13.3 Å². The van der Waals surface area contributed by atoms with Crippen molar-refractivity contribution in [3.8, 4) is 5.88 Å². The molecule has 0 aliphatic carbocycles. The van der Waals surface area contributed by atoms with Crippen molar-refractivity contribution in [1.29, 1.82) is 0 Å². The Morgan fingerprint density at radius 2 is 2.23 bits per heavy atom. The fourth-order valence-corrected chi connectivity index (χ4v) is 5.35. The summed E-state index contributed by atoms with van der Waals surface area (Å²) in [5.74, 6) is 0.426. The van der Waals surface area contributed by atoms with Gasteiger partial charge in [0.2, 0.25) is 5.88 Å². The van der Waals surface area contributed by atoms with E-state index in [-0.39, 0.29) is 31.0 Å². The zero-order valence-electron chi connectivity index (χ0n) is 15.7. The Morgan fingerprint density at radius 1 is 1.42 bits per heavy atom. The van der Waals surface area contributed by atoms with Crippen molar-refractivity contribution in [3.63, 3.8) is 0 Å². The van der Waals surface area contributed by atoms with Gasteiger partial charge < -0.3 is 20.5 Å². The molecule has 0 aromatic carbocycles. The van der Waals surface area contributed by atoms with Crippen molar-refractivity contribution in [3.05, 3.63) is 28.5 Å². The van der Waals surface area contributed by atoms with E-state index in [1.54, 1.807) is 5.38 Å². The lowest BCUT2D eigenvalue weighted by Crippen LogP contribution is -2.49. The number of carbonyl (C=O) groups is 1. The maximum absolute atomic E-state index is 12.4. The van der Waals surface area contributed by atoms with Gasteiger partial charge in [0.1, 0.15) is 22.1 Å². The SMILES string of the molecule is C.C[C@H]1C[C@H]2CSC(N)=N[C@@]2(c2nc(NC(=O)c3cnc(OC(F)F)cn3)cs2)CO1. The van der Waals surface area contributed by atoms with Crippen LogP contribution in [0.15, 0.2) is 22.8 Å². The summed E-state index contributed by atoms with van der Waals surface area (Å²) in [5.41, 5.74) is 5.27. The minimum atomic E-state index is -3.02. The molecule has 4 rings (SSSR count). The molecule has 0 bridgehead atoms. The van der Waals surface area contributed by atoms with Gasteiger partial charge in [-0.3, -0.25) is 4.79 Å². The number of nitrogens with two attached hydrogens (primary N) is 1. The molecule has 0 spiro atoms. The number of hydrogen-bond donors (Lipinski definition) is 2. The third kappa shape index (κ3) is 4.93. The summed E-state index contributed by atoms with van der Waals surface area (Å²) in [4.78, 5) is 29.1. The zero-order valence-corrected chi connectivity index (χ0v) is 17.4. The first-order valence-electron chi connectivity index (χ1n) is 8.99. The Hall–Kier alpha value is -2.38. The molecule has 9 nitrogen and oxygen atoms in total. The fraction of sp³-hybridized carbons (Fsp3) is 0.500. The molecule has 3 N–H and O–H groups in total. The molecule has 0 unspecified atom stereocenters. The molecule has 0 saturated carbocycles. The van der Waals surface area contributed by atoms with Gasteiger partial charge in [0.05, 0.1) is 25.1 Å². The summed E-state index contributed by atoms with van der Waals surface area (Å²) in [6, 6.07) is 0. The lowest BCUT2D eigenvalue weighted by molar-refractivity contribution is -0.0531. The number of rotatable bonds is 5. The number of halogens is 2. The quantitative estimate of drug-likeness (QED) is 0.680. The lowest BCUT2D eigenvalue weighted by Gasteiger charge is -2.44. The Kier molecular flexibility index (Phi) is 7.06. The first kappa shape index (κ1) is 23.3. The van der Waals surface area contributed by atoms with Gasteiger partial charge in [0.25, 0.3) is 5.91 Å². The van der Waals surface area contributed by atoms with E-state index in [4.69, 9.17) is 15.5 Å². The predicted molar refractivity (Wildman–Crippen MR) is 115 cm³/mol. The number of nitrogens with zero attached hydrogens (tertiary/aromatic N) is 4. The van der Waals surface area contributed by atoms with Gasteiger partial charge in [0, 0.05) is 17.1 Å². The van der Waals surface area contributed by atoms with E-state index in [9.17, 15) is 13.6 Å². The minimum absolute atomic E-state index is 0. The summed E-state index contributed by atoms with van der Waals surface area (Å²) < 4.78 is 34.4. The average molecular weight is 473 g/mol. The molecule has 31 heavy (non-hydrogen) atoms. The number of aromatic nitrogens is 3. The van der Waals surface area contributed by atoms with Crippen molar-refractivity contribution >= 4 is 40.0 Å². The van der Waals surface area contributed by atoms with Crippen molar-refractivity contribution in [2.24, 2.45) is 16.6 Å². The first-order chi connectivity index (χ1) is 14.4. The number of nitrogens with one attached hydrogen (secondary N) is 1. The van der Waals surface area contributed by atoms with Crippen LogP contribution in [0, 0.1) is 5.92 Å². The maximum Gasteiger partial charge on any atom is 0.388 e. The van der Waals surface area contributed by atoms with Gasteiger partial charge in [0.15, 0.2) is 5.17 Å². The second-order valence-electron chi connectivity index (χ2n) is 6.85. The molecule has 2 aliphatic heterocycles. The summed E-state index contributed by atoms with van der Waals surface area (Å²) in [6.07, 6.45) is 2.98. The number of thioether (sulfide) groups is 1. The Labute approximate surface area is 185 Å². The number of anilines is 1. The molecule has 2 aromatic rings. The standard InChI is InChI=1S/C17H18F2N6O3S2.CH4/c1-8-2-9-5-30-16(20)25-17(9,7-27-8)14-24-11(6-29-14)23-13(26)10-3-22-12(4-21-10)28-15(18)19;/h3-4,6,8-9,15H,2,5,7H2,1H3,(H2,20,25)(H,23,26);1H4/t8-,9-,17-;/m0./s1. The normalized spacial score (nSPS) is 25.2. The Morgan fingerprint density at radius 3 is 2.94 bits per heavy atom. The molecule has 168 valence electrons. The van der Waals surface area contributed by atoms with E-state index < -0.39 is 18.1 Å². The van der Waals surface area contributed by atoms with Crippen LogP contribution < -0.4 is 15.8 Å². The number of amidine groups is 1. The Balaban J connectivity index is 0.00000272. The van der Waals surface area contributed by atoms with Gasteiger partial charge in [-0.2, -0.15) is 8.78 Å². The molecule has 4 heterocycles. The summed E-state index contributed by atoms with van der Waals surface area (Å²) in [7, 11) is 0. The van der Waals surface area contributed by atoms with Crippen LogP contribution in [-0.4, -0.2) is 51.1 Å². The smallest absolute Gasteiger partial charge is 0.388 e. The molecule has 3 atom stereocenters. The highest BCUT2D eigenvalue weighted by molar-refractivity contribution is 8.13. The number of hydrogen-bond acceptors (Lipinski definition) is 10. The largest absolute Gasteiger partial charge is 0.415 e. The van der Waals surface area contributed by atoms with Crippen molar-refractivity contribution in [2.45, 2.75) is 39.0 Å². The summed E-state index contributed by atoms with van der Waals surface area (Å²) in [5, 5.41) is 5.54. The number of ether oxygens (including phenoxy) is 2. The lowest BCUT2D eigenvalue weighted by atomic mass is 9.80. The molecular weight excluding hydrogens is 450 g/mol.